The molecular weight excluding hydrogens is 354 g/mol. The molecule has 1 fully saturated rings. The Morgan fingerprint density at radius 2 is 1.96 bits per heavy atom. The van der Waals surface area contributed by atoms with Crippen molar-refractivity contribution in [3.05, 3.63) is 51.7 Å². The topological polar surface area (TPSA) is 84.9 Å². The molecule has 0 bridgehead atoms. The van der Waals surface area contributed by atoms with Crippen LogP contribution in [0.2, 0.25) is 0 Å². The number of ketones is 1. The SMILES string of the molecule is CC(=O)c1ccc(C(=O)N[C@@H]2CCOC[C@H]2Oc2ccc(CO)cc2)s1. The van der Waals surface area contributed by atoms with Gasteiger partial charge in [-0.2, -0.15) is 0 Å². The van der Waals surface area contributed by atoms with Crippen LogP contribution in [0, 0.1) is 0 Å². The number of hydrogen-bond acceptors (Lipinski definition) is 6. The lowest BCUT2D eigenvalue weighted by molar-refractivity contribution is -0.0134. The molecule has 1 saturated heterocycles. The van der Waals surface area contributed by atoms with Crippen molar-refractivity contribution >= 4 is 23.0 Å². The van der Waals surface area contributed by atoms with E-state index in [-0.39, 0.29) is 30.4 Å². The van der Waals surface area contributed by atoms with E-state index < -0.39 is 0 Å². The summed E-state index contributed by atoms with van der Waals surface area (Å²) in [6.45, 7) is 2.40. The van der Waals surface area contributed by atoms with Gasteiger partial charge >= 0.3 is 0 Å². The molecule has 1 amide bonds. The molecule has 7 heteroatoms. The zero-order valence-electron chi connectivity index (χ0n) is 14.4. The molecule has 26 heavy (non-hydrogen) atoms. The van der Waals surface area contributed by atoms with Crippen LogP contribution in [0.3, 0.4) is 0 Å². The lowest BCUT2D eigenvalue weighted by Gasteiger charge is -2.32. The van der Waals surface area contributed by atoms with Crippen LogP contribution in [0.5, 0.6) is 5.75 Å². The number of amides is 1. The van der Waals surface area contributed by atoms with Gasteiger partial charge in [-0.15, -0.1) is 11.3 Å². The van der Waals surface area contributed by atoms with E-state index in [1.165, 1.54) is 18.3 Å². The summed E-state index contributed by atoms with van der Waals surface area (Å²) in [5.41, 5.74) is 0.807. The largest absolute Gasteiger partial charge is 0.486 e. The number of Topliss-reactive ketones (excluding diaryl/α,β-unsaturated/α-hetero) is 1. The maximum atomic E-state index is 12.5. The first-order valence-corrected chi connectivity index (χ1v) is 9.24. The highest BCUT2D eigenvalue weighted by atomic mass is 32.1. The Labute approximate surface area is 155 Å². The number of carbonyl (C=O) groups is 2. The molecule has 0 spiro atoms. The molecule has 1 aliphatic rings. The molecule has 6 nitrogen and oxygen atoms in total. The second kappa shape index (κ2) is 8.44. The van der Waals surface area contributed by atoms with Crippen LogP contribution in [0.15, 0.2) is 36.4 Å². The van der Waals surface area contributed by atoms with Crippen LogP contribution in [0.1, 0.15) is 38.3 Å². The van der Waals surface area contributed by atoms with Gasteiger partial charge < -0.3 is 19.9 Å². The summed E-state index contributed by atoms with van der Waals surface area (Å²) in [5.74, 6) is 0.401. The van der Waals surface area contributed by atoms with Crippen LogP contribution >= 0.6 is 11.3 Å². The molecule has 3 rings (SSSR count). The maximum absolute atomic E-state index is 12.5. The molecule has 0 saturated carbocycles. The standard InChI is InChI=1S/C19H21NO5S/c1-12(22)17-6-7-18(26-17)19(23)20-15-8-9-24-11-16(15)25-14-4-2-13(10-21)3-5-14/h2-7,15-16,21H,8-11H2,1H3,(H,20,23)/t15-,16-/m1/s1. The highest BCUT2D eigenvalue weighted by Gasteiger charge is 2.29. The number of benzene rings is 1. The molecule has 1 aliphatic heterocycles. The van der Waals surface area contributed by atoms with E-state index in [0.29, 0.717) is 35.1 Å². The monoisotopic (exact) mass is 375 g/mol. The van der Waals surface area contributed by atoms with Crippen molar-refractivity contribution in [3.63, 3.8) is 0 Å². The second-order valence-corrected chi connectivity index (χ2v) is 7.21. The quantitative estimate of drug-likeness (QED) is 0.758. The van der Waals surface area contributed by atoms with Gasteiger partial charge in [0, 0.05) is 6.61 Å². The molecule has 2 N–H and O–H groups in total. The lowest BCUT2D eigenvalue weighted by atomic mass is 10.1. The predicted molar refractivity (Wildman–Crippen MR) is 97.8 cm³/mol. The summed E-state index contributed by atoms with van der Waals surface area (Å²) in [6.07, 6.45) is 0.343. The van der Waals surface area contributed by atoms with Gasteiger partial charge in [0.05, 0.1) is 29.0 Å². The molecule has 138 valence electrons. The number of aliphatic hydroxyl groups excluding tert-OH is 1. The van der Waals surface area contributed by atoms with Crippen LogP contribution in [-0.2, 0) is 11.3 Å². The van der Waals surface area contributed by atoms with Crippen LogP contribution in [-0.4, -0.2) is 42.2 Å². The third-order valence-corrected chi connectivity index (χ3v) is 5.38. The predicted octanol–water partition coefficient (Wildman–Crippen LogP) is 2.41. The number of nitrogens with one attached hydrogen (secondary N) is 1. The first-order chi connectivity index (χ1) is 12.6. The Morgan fingerprint density at radius 1 is 1.23 bits per heavy atom. The third kappa shape index (κ3) is 4.49. The number of ether oxygens (including phenoxy) is 2. The fraction of sp³-hybridized carbons (Fsp3) is 0.368. The Balaban J connectivity index is 1.65. The van der Waals surface area contributed by atoms with Crippen molar-refractivity contribution in [1.29, 1.82) is 0 Å². The van der Waals surface area contributed by atoms with Crippen molar-refractivity contribution in [2.24, 2.45) is 0 Å². The summed E-state index contributed by atoms with van der Waals surface area (Å²) < 4.78 is 11.5. The van der Waals surface area contributed by atoms with E-state index in [9.17, 15) is 9.59 Å². The van der Waals surface area contributed by atoms with E-state index in [4.69, 9.17) is 14.6 Å². The molecule has 0 unspecified atom stereocenters. The van der Waals surface area contributed by atoms with Gasteiger partial charge in [0.15, 0.2) is 5.78 Å². The number of thiophene rings is 1. The van der Waals surface area contributed by atoms with Gasteiger partial charge in [-0.1, -0.05) is 12.1 Å². The Kier molecular flexibility index (Phi) is 6.03. The van der Waals surface area contributed by atoms with E-state index in [1.807, 2.05) is 0 Å². The normalized spacial score (nSPS) is 19.8. The minimum Gasteiger partial charge on any atom is -0.486 e. The Bertz CT molecular complexity index is 770. The minimum absolute atomic E-state index is 0.0193. The maximum Gasteiger partial charge on any atom is 0.261 e. The van der Waals surface area contributed by atoms with Crippen molar-refractivity contribution in [2.75, 3.05) is 13.2 Å². The van der Waals surface area contributed by atoms with E-state index in [0.717, 1.165) is 5.56 Å². The minimum atomic E-state index is -0.306. The first kappa shape index (κ1) is 18.6. The number of hydrogen-bond donors (Lipinski definition) is 2. The Morgan fingerprint density at radius 3 is 2.62 bits per heavy atom. The number of rotatable bonds is 6. The second-order valence-electron chi connectivity index (χ2n) is 6.12. The summed E-state index contributed by atoms with van der Waals surface area (Å²) in [4.78, 5) is 25.0. The van der Waals surface area contributed by atoms with Crippen molar-refractivity contribution < 1.29 is 24.2 Å². The van der Waals surface area contributed by atoms with Crippen LogP contribution in [0.25, 0.3) is 0 Å². The zero-order chi connectivity index (χ0) is 18.5. The van der Waals surface area contributed by atoms with Crippen molar-refractivity contribution in [3.8, 4) is 5.75 Å². The molecular formula is C19H21NO5S. The van der Waals surface area contributed by atoms with Crippen LogP contribution < -0.4 is 10.1 Å². The van der Waals surface area contributed by atoms with Crippen LogP contribution in [0.4, 0.5) is 0 Å². The summed E-state index contributed by atoms with van der Waals surface area (Å²) in [6, 6.07) is 10.3. The summed E-state index contributed by atoms with van der Waals surface area (Å²) in [7, 11) is 0. The average molecular weight is 375 g/mol. The number of aliphatic hydroxyl groups is 1. The van der Waals surface area contributed by atoms with Gasteiger partial charge in [-0.3, -0.25) is 9.59 Å². The highest BCUT2D eigenvalue weighted by Crippen LogP contribution is 2.21. The fourth-order valence-electron chi connectivity index (χ4n) is 2.73. The van der Waals surface area contributed by atoms with Crippen molar-refractivity contribution in [2.45, 2.75) is 32.1 Å². The van der Waals surface area contributed by atoms with E-state index >= 15 is 0 Å². The van der Waals surface area contributed by atoms with Gasteiger partial charge in [0.1, 0.15) is 11.9 Å². The van der Waals surface area contributed by atoms with E-state index in [2.05, 4.69) is 5.32 Å². The molecule has 2 atom stereocenters. The van der Waals surface area contributed by atoms with Gasteiger partial charge in [-0.25, -0.2) is 0 Å². The van der Waals surface area contributed by atoms with E-state index in [1.54, 1.807) is 36.4 Å². The van der Waals surface area contributed by atoms with Crippen molar-refractivity contribution in [1.82, 2.24) is 5.32 Å². The first-order valence-electron chi connectivity index (χ1n) is 8.42. The van der Waals surface area contributed by atoms with Gasteiger partial charge in [0.25, 0.3) is 5.91 Å². The smallest absolute Gasteiger partial charge is 0.261 e. The highest BCUT2D eigenvalue weighted by molar-refractivity contribution is 7.15. The molecule has 1 aromatic carbocycles. The molecule has 0 aliphatic carbocycles. The summed E-state index contributed by atoms with van der Waals surface area (Å²) >= 11 is 1.19. The molecule has 1 aromatic heterocycles. The molecule has 2 aromatic rings. The average Bonchev–Trinajstić information content (AvgIpc) is 3.15. The molecule has 0 radical (unpaired) electrons. The molecule has 2 heterocycles. The number of carbonyl (C=O) groups excluding carboxylic acids is 2. The fourth-order valence-corrected chi connectivity index (χ4v) is 3.53. The lowest BCUT2D eigenvalue weighted by Crippen LogP contribution is -2.51. The zero-order valence-corrected chi connectivity index (χ0v) is 15.3. The summed E-state index contributed by atoms with van der Waals surface area (Å²) in [5, 5.41) is 12.1. The van der Waals surface area contributed by atoms with Gasteiger partial charge in [-0.05, 0) is 43.2 Å². The Hall–Kier alpha value is -2.22. The van der Waals surface area contributed by atoms with Gasteiger partial charge in [0.2, 0.25) is 0 Å². The third-order valence-electron chi connectivity index (χ3n) is 4.19.